The van der Waals surface area contributed by atoms with Crippen molar-refractivity contribution in [1.82, 2.24) is 10.2 Å². The molecule has 1 aromatic rings. The van der Waals surface area contributed by atoms with Gasteiger partial charge in [-0.05, 0) is 44.0 Å². The van der Waals surface area contributed by atoms with Gasteiger partial charge in [-0.25, -0.2) is 0 Å². The zero-order valence-electron chi connectivity index (χ0n) is 13.1. The summed E-state index contributed by atoms with van der Waals surface area (Å²) in [5.74, 6) is 2.57. The Balaban J connectivity index is 1.95. The lowest BCUT2D eigenvalue weighted by Crippen LogP contribution is -2.42. The van der Waals surface area contributed by atoms with Gasteiger partial charge in [-0.2, -0.15) is 11.8 Å². The van der Waals surface area contributed by atoms with Crippen LogP contribution >= 0.6 is 27.7 Å². The molecule has 1 heterocycles. The zero-order valence-corrected chi connectivity index (χ0v) is 15.5. The van der Waals surface area contributed by atoms with Gasteiger partial charge in [0.15, 0.2) is 0 Å². The second-order valence-corrected chi connectivity index (χ2v) is 7.88. The van der Waals surface area contributed by atoms with E-state index in [0.717, 1.165) is 12.6 Å². The first-order chi connectivity index (χ1) is 10.2. The standard InChI is InChI=1S/C17H27BrN2S/c1-3-8-19-17(15-5-4-6-16(18)12-15)7-9-20-10-11-21-13-14(20)2/h4-6,12,14,17,19H,3,7-11,13H2,1-2H3. The van der Waals surface area contributed by atoms with Crippen molar-refractivity contribution >= 4 is 27.7 Å². The van der Waals surface area contributed by atoms with Gasteiger partial charge in [-0.15, -0.1) is 0 Å². The van der Waals surface area contributed by atoms with Gasteiger partial charge in [0.1, 0.15) is 0 Å². The van der Waals surface area contributed by atoms with Crippen LogP contribution < -0.4 is 5.32 Å². The lowest BCUT2D eigenvalue weighted by atomic mass is 10.0. The smallest absolute Gasteiger partial charge is 0.0332 e. The average Bonchev–Trinajstić information content (AvgIpc) is 2.49. The number of rotatable bonds is 7. The van der Waals surface area contributed by atoms with Crippen LogP contribution in [0.25, 0.3) is 0 Å². The first-order valence-corrected chi connectivity index (χ1v) is 9.96. The van der Waals surface area contributed by atoms with Crippen LogP contribution in [0.5, 0.6) is 0 Å². The van der Waals surface area contributed by atoms with E-state index in [4.69, 9.17) is 0 Å². The minimum atomic E-state index is 0.462. The van der Waals surface area contributed by atoms with Gasteiger partial charge < -0.3 is 5.32 Å². The van der Waals surface area contributed by atoms with Crippen LogP contribution in [-0.2, 0) is 0 Å². The molecule has 21 heavy (non-hydrogen) atoms. The van der Waals surface area contributed by atoms with Gasteiger partial charge in [-0.3, -0.25) is 4.90 Å². The largest absolute Gasteiger partial charge is 0.310 e. The molecule has 0 bridgehead atoms. The molecule has 0 amide bonds. The number of hydrogen-bond acceptors (Lipinski definition) is 3. The summed E-state index contributed by atoms with van der Waals surface area (Å²) < 4.78 is 1.17. The van der Waals surface area contributed by atoms with Gasteiger partial charge in [0, 0.05) is 41.2 Å². The summed E-state index contributed by atoms with van der Waals surface area (Å²) in [6.07, 6.45) is 2.37. The van der Waals surface area contributed by atoms with E-state index in [0.29, 0.717) is 6.04 Å². The van der Waals surface area contributed by atoms with Crippen LogP contribution in [0, 0.1) is 0 Å². The molecule has 0 radical (unpaired) electrons. The second-order valence-electron chi connectivity index (χ2n) is 5.81. The fourth-order valence-corrected chi connectivity index (χ4v) is 4.32. The molecular formula is C17H27BrN2S. The third-order valence-electron chi connectivity index (χ3n) is 4.10. The fourth-order valence-electron chi connectivity index (χ4n) is 2.82. The fraction of sp³-hybridized carbons (Fsp3) is 0.647. The minimum Gasteiger partial charge on any atom is -0.310 e. The van der Waals surface area contributed by atoms with Gasteiger partial charge in [0.25, 0.3) is 0 Å². The number of hydrogen-bond donors (Lipinski definition) is 1. The molecule has 1 fully saturated rings. The minimum absolute atomic E-state index is 0.462. The highest BCUT2D eigenvalue weighted by Gasteiger charge is 2.20. The van der Waals surface area contributed by atoms with E-state index >= 15 is 0 Å². The van der Waals surface area contributed by atoms with Crippen LogP contribution in [0.3, 0.4) is 0 Å². The molecular weight excluding hydrogens is 344 g/mol. The van der Waals surface area contributed by atoms with E-state index in [1.54, 1.807) is 0 Å². The van der Waals surface area contributed by atoms with E-state index < -0.39 is 0 Å². The topological polar surface area (TPSA) is 15.3 Å². The van der Waals surface area contributed by atoms with Crippen molar-refractivity contribution in [2.75, 3.05) is 31.1 Å². The van der Waals surface area contributed by atoms with E-state index in [-0.39, 0.29) is 0 Å². The van der Waals surface area contributed by atoms with Crippen LogP contribution in [0.1, 0.15) is 38.3 Å². The predicted octanol–water partition coefficient (Wildman–Crippen LogP) is 4.32. The number of thioether (sulfide) groups is 1. The summed E-state index contributed by atoms with van der Waals surface area (Å²) in [4.78, 5) is 2.65. The summed E-state index contributed by atoms with van der Waals surface area (Å²) in [6, 6.07) is 9.92. The Kier molecular flexibility index (Phi) is 7.58. The van der Waals surface area contributed by atoms with Gasteiger partial charge in [0.2, 0.25) is 0 Å². The molecule has 0 aliphatic carbocycles. The summed E-state index contributed by atoms with van der Waals surface area (Å²) in [6.45, 7) is 8.11. The zero-order chi connectivity index (χ0) is 15.1. The van der Waals surface area contributed by atoms with E-state index in [1.165, 1.54) is 47.5 Å². The first-order valence-electron chi connectivity index (χ1n) is 8.01. The van der Waals surface area contributed by atoms with E-state index in [2.05, 4.69) is 76.0 Å². The van der Waals surface area contributed by atoms with Crippen molar-refractivity contribution in [3.05, 3.63) is 34.3 Å². The molecule has 1 N–H and O–H groups in total. The molecule has 2 atom stereocenters. The average molecular weight is 371 g/mol. The summed E-state index contributed by atoms with van der Waals surface area (Å²) in [7, 11) is 0. The Morgan fingerprint density at radius 2 is 2.33 bits per heavy atom. The Labute approximate surface area is 142 Å². The number of benzene rings is 1. The normalized spacial score (nSPS) is 21.4. The molecule has 1 saturated heterocycles. The first kappa shape index (κ1) is 17.3. The van der Waals surface area contributed by atoms with Crippen LogP contribution in [-0.4, -0.2) is 42.1 Å². The Bertz CT molecular complexity index is 427. The molecule has 4 heteroatoms. The molecule has 2 unspecified atom stereocenters. The van der Waals surface area contributed by atoms with Gasteiger partial charge in [0.05, 0.1) is 0 Å². The van der Waals surface area contributed by atoms with E-state index in [9.17, 15) is 0 Å². The highest BCUT2D eigenvalue weighted by molar-refractivity contribution is 9.10. The van der Waals surface area contributed by atoms with Crippen molar-refractivity contribution in [3.63, 3.8) is 0 Å². The molecule has 2 nitrogen and oxygen atoms in total. The predicted molar refractivity (Wildman–Crippen MR) is 98.2 cm³/mol. The van der Waals surface area contributed by atoms with Gasteiger partial charge >= 0.3 is 0 Å². The highest BCUT2D eigenvalue weighted by atomic mass is 79.9. The molecule has 118 valence electrons. The molecule has 0 saturated carbocycles. The van der Waals surface area contributed by atoms with Crippen molar-refractivity contribution in [3.8, 4) is 0 Å². The molecule has 1 aliphatic heterocycles. The summed E-state index contributed by atoms with van der Waals surface area (Å²) in [5, 5.41) is 3.71. The molecule has 0 spiro atoms. The molecule has 2 rings (SSSR count). The third kappa shape index (κ3) is 5.59. The number of nitrogens with one attached hydrogen (secondary N) is 1. The highest BCUT2D eigenvalue weighted by Crippen LogP contribution is 2.23. The Hall–Kier alpha value is -0.0300. The number of halogens is 1. The summed E-state index contributed by atoms with van der Waals surface area (Å²) in [5.41, 5.74) is 1.40. The van der Waals surface area contributed by atoms with Gasteiger partial charge in [-0.1, -0.05) is 35.0 Å². The van der Waals surface area contributed by atoms with Crippen LogP contribution in [0.15, 0.2) is 28.7 Å². The SMILES string of the molecule is CCCNC(CCN1CCSCC1C)c1cccc(Br)c1. The molecule has 0 aromatic heterocycles. The Morgan fingerprint density at radius 1 is 1.48 bits per heavy atom. The van der Waals surface area contributed by atoms with Crippen LogP contribution in [0.4, 0.5) is 0 Å². The maximum Gasteiger partial charge on any atom is 0.0332 e. The molecule has 1 aliphatic rings. The van der Waals surface area contributed by atoms with Crippen molar-refractivity contribution < 1.29 is 0 Å². The molecule has 1 aromatic carbocycles. The summed E-state index contributed by atoms with van der Waals surface area (Å²) >= 11 is 5.68. The maximum absolute atomic E-state index is 3.71. The lowest BCUT2D eigenvalue weighted by Gasteiger charge is -2.34. The second kappa shape index (κ2) is 9.19. The number of nitrogens with zero attached hydrogens (tertiary/aromatic N) is 1. The van der Waals surface area contributed by atoms with Crippen molar-refractivity contribution in [2.24, 2.45) is 0 Å². The third-order valence-corrected chi connectivity index (χ3v) is 5.78. The maximum atomic E-state index is 3.71. The van der Waals surface area contributed by atoms with E-state index in [1.807, 2.05) is 0 Å². The Morgan fingerprint density at radius 3 is 3.05 bits per heavy atom. The van der Waals surface area contributed by atoms with Crippen molar-refractivity contribution in [2.45, 2.75) is 38.8 Å². The van der Waals surface area contributed by atoms with Crippen molar-refractivity contribution in [1.29, 1.82) is 0 Å². The lowest BCUT2D eigenvalue weighted by molar-refractivity contribution is 0.219. The van der Waals surface area contributed by atoms with Crippen LogP contribution in [0.2, 0.25) is 0 Å². The monoisotopic (exact) mass is 370 g/mol. The quantitative estimate of drug-likeness (QED) is 0.769.